The summed E-state index contributed by atoms with van der Waals surface area (Å²) in [5.74, 6) is 0. The Morgan fingerprint density at radius 1 is 1.29 bits per heavy atom. The Balaban J connectivity index is 1.96. The summed E-state index contributed by atoms with van der Waals surface area (Å²) in [6.45, 7) is 0.705. The van der Waals surface area contributed by atoms with Crippen molar-refractivity contribution in [1.29, 1.82) is 0 Å². The molecule has 1 aliphatic rings. The van der Waals surface area contributed by atoms with Crippen LogP contribution in [-0.2, 0) is 5.41 Å². The molecule has 4 heteroatoms. The summed E-state index contributed by atoms with van der Waals surface area (Å²) in [6.07, 6.45) is 5.71. The molecule has 1 aromatic heterocycles. The number of nitrogens with two attached hydrogens (primary N) is 1. The van der Waals surface area contributed by atoms with Gasteiger partial charge in [0.25, 0.3) is 0 Å². The number of aromatic amines is 1. The van der Waals surface area contributed by atoms with Crippen molar-refractivity contribution in [2.45, 2.75) is 18.3 Å². The van der Waals surface area contributed by atoms with Crippen LogP contribution >= 0.6 is 0 Å². The monoisotopic (exact) mass is 229 g/mol. The fourth-order valence-electron chi connectivity index (χ4n) is 2.26. The summed E-state index contributed by atoms with van der Waals surface area (Å²) in [4.78, 5) is 14.1. The van der Waals surface area contributed by atoms with E-state index in [4.69, 9.17) is 5.73 Å². The van der Waals surface area contributed by atoms with Crippen LogP contribution in [0.15, 0.2) is 41.5 Å². The van der Waals surface area contributed by atoms with Gasteiger partial charge in [-0.2, -0.15) is 0 Å². The first-order valence-corrected chi connectivity index (χ1v) is 5.82. The van der Waals surface area contributed by atoms with Crippen molar-refractivity contribution in [3.8, 4) is 5.69 Å². The number of imidazole rings is 1. The van der Waals surface area contributed by atoms with E-state index in [0.717, 1.165) is 5.69 Å². The molecule has 2 aromatic rings. The Labute approximate surface area is 99.1 Å². The molecule has 3 N–H and O–H groups in total. The summed E-state index contributed by atoms with van der Waals surface area (Å²) >= 11 is 0. The summed E-state index contributed by atoms with van der Waals surface area (Å²) in [5, 5.41) is 0. The third-order valence-electron chi connectivity index (χ3n) is 3.65. The molecule has 0 spiro atoms. The van der Waals surface area contributed by atoms with E-state index in [1.54, 1.807) is 17.0 Å². The zero-order valence-corrected chi connectivity index (χ0v) is 9.52. The van der Waals surface area contributed by atoms with E-state index >= 15 is 0 Å². The molecule has 0 atom stereocenters. The third kappa shape index (κ3) is 1.61. The number of nitrogens with zero attached hydrogens (tertiary/aromatic N) is 1. The number of nitrogens with one attached hydrogen (secondary N) is 1. The van der Waals surface area contributed by atoms with Crippen molar-refractivity contribution in [1.82, 2.24) is 9.55 Å². The molecular formula is C13H15N3O. The molecule has 1 fully saturated rings. The minimum Gasteiger partial charge on any atom is -0.330 e. The van der Waals surface area contributed by atoms with Gasteiger partial charge >= 0.3 is 5.69 Å². The van der Waals surface area contributed by atoms with E-state index < -0.39 is 0 Å². The number of benzene rings is 1. The molecule has 0 aliphatic heterocycles. The zero-order chi connectivity index (χ0) is 11.9. The first-order valence-electron chi connectivity index (χ1n) is 5.82. The molecule has 0 unspecified atom stereocenters. The van der Waals surface area contributed by atoms with Crippen LogP contribution in [0.3, 0.4) is 0 Å². The lowest BCUT2D eigenvalue weighted by atomic mass is 9.96. The van der Waals surface area contributed by atoms with Gasteiger partial charge in [0, 0.05) is 24.4 Å². The topological polar surface area (TPSA) is 63.8 Å². The Bertz CT molecular complexity index is 575. The van der Waals surface area contributed by atoms with Crippen molar-refractivity contribution in [2.24, 2.45) is 5.73 Å². The van der Waals surface area contributed by atoms with E-state index in [9.17, 15) is 4.79 Å². The number of aromatic nitrogens is 2. The van der Waals surface area contributed by atoms with Gasteiger partial charge in [0.15, 0.2) is 0 Å². The van der Waals surface area contributed by atoms with Crippen LogP contribution in [-0.4, -0.2) is 16.1 Å². The van der Waals surface area contributed by atoms with Crippen molar-refractivity contribution in [2.75, 3.05) is 6.54 Å². The molecule has 3 rings (SSSR count). The largest absolute Gasteiger partial charge is 0.330 e. The van der Waals surface area contributed by atoms with Gasteiger partial charge in [-0.1, -0.05) is 12.1 Å². The maximum atomic E-state index is 11.5. The van der Waals surface area contributed by atoms with Gasteiger partial charge in [-0.3, -0.25) is 4.57 Å². The lowest BCUT2D eigenvalue weighted by Gasteiger charge is -2.13. The Morgan fingerprint density at radius 2 is 2.00 bits per heavy atom. The highest BCUT2D eigenvalue weighted by molar-refractivity contribution is 5.40. The van der Waals surface area contributed by atoms with Crippen LogP contribution in [0, 0.1) is 0 Å². The van der Waals surface area contributed by atoms with Crippen LogP contribution < -0.4 is 11.4 Å². The average Bonchev–Trinajstić information content (AvgIpc) is 3.06. The van der Waals surface area contributed by atoms with Gasteiger partial charge in [-0.15, -0.1) is 0 Å². The maximum absolute atomic E-state index is 11.5. The normalized spacial score (nSPS) is 17.0. The predicted molar refractivity (Wildman–Crippen MR) is 66.4 cm³/mol. The summed E-state index contributed by atoms with van der Waals surface area (Å²) in [7, 11) is 0. The average molecular weight is 229 g/mol. The van der Waals surface area contributed by atoms with Crippen LogP contribution in [0.1, 0.15) is 18.4 Å². The number of rotatable bonds is 3. The van der Waals surface area contributed by atoms with E-state index in [0.29, 0.717) is 6.54 Å². The standard InChI is InChI=1S/C13H15N3O/c14-9-13(5-6-13)10-1-3-11(4-2-10)16-8-7-15-12(16)17/h1-4,7-8H,5-6,9,14H2,(H,15,17). The lowest BCUT2D eigenvalue weighted by Crippen LogP contribution is -2.20. The van der Waals surface area contributed by atoms with E-state index in [-0.39, 0.29) is 11.1 Å². The molecule has 1 aliphatic carbocycles. The quantitative estimate of drug-likeness (QED) is 0.829. The van der Waals surface area contributed by atoms with Gasteiger partial charge in [-0.25, -0.2) is 4.79 Å². The zero-order valence-electron chi connectivity index (χ0n) is 9.52. The van der Waals surface area contributed by atoms with E-state index in [2.05, 4.69) is 17.1 Å². The van der Waals surface area contributed by atoms with Gasteiger partial charge < -0.3 is 10.7 Å². The van der Waals surface area contributed by atoms with Gasteiger partial charge in [-0.05, 0) is 30.5 Å². The van der Waals surface area contributed by atoms with E-state index in [1.807, 2.05) is 12.1 Å². The van der Waals surface area contributed by atoms with Crippen LogP contribution in [0.5, 0.6) is 0 Å². The number of H-pyrrole nitrogens is 1. The first kappa shape index (κ1) is 10.4. The summed E-state index contributed by atoms with van der Waals surface area (Å²) in [5.41, 5.74) is 8.06. The van der Waals surface area contributed by atoms with Crippen LogP contribution in [0.4, 0.5) is 0 Å². The highest BCUT2D eigenvalue weighted by atomic mass is 16.1. The van der Waals surface area contributed by atoms with Gasteiger partial charge in [0.1, 0.15) is 0 Å². The number of hydrogen-bond donors (Lipinski definition) is 2. The number of hydrogen-bond acceptors (Lipinski definition) is 2. The van der Waals surface area contributed by atoms with Crippen molar-refractivity contribution in [3.63, 3.8) is 0 Å². The Morgan fingerprint density at radius 3 is 2.47 bits per heavy atom. The molecule has 1 aromatic carbocycles. The third-order valence-corrected chi connectivity index (χ3v) is 3.65. The Hall–Kier alpha value is -1.81. The minimum atomic E-state index is -0.113. The molecule has 0 saturated heterocycles. The SMILES string of the molecule is NCC1(c2ccc(-n3cc[nH]c3=O)cc2)CC1. The summed E-state index contributed by atoms with van der Waals surface area (Å²) < 4.78 is 1.59. The van der Waals surface area contributed by atoms with Gasteiger partial charge in [0.2, 0.25) is 0 Å². The van der Waals surface area contributed by atoms with Crippen LogP contribution in [0.25, 0.3) is 5.69 Å². The highest BCUT2D eigenvalue weighted by Gasteiger charge is 2.42. The second-order valence-corrected chi connectivity index (χ2v) is 4.67. The lowest BCUT2D eigenvalue weighted by molar-refractivity contribution is 0.704. The van der Waals surface area contributed by atoms with Crippen molar-refractivity contribution >= 4 is 0 Å². The smallest absolute Gasteiger partial charge is 0.330 e. The minimum absolute atomic E-state index is 0.113. The second-order valence-electron chi connectivity index (χ2n) is 4.67. The van der Waals surface area contributed by atoms with Crippen molar-refractivity contribution < 1.29 is 0 Å². The molecule has 88 valence electrons. The molecule has 0 amide bonds. The fourth-order valence-corrected chi connectivity index (χ4v) is 2.26. The molecule has 1 heterocycles. The summed E-state index contributed by atoms with van der Waals surface area (Å²) in [6, 6.07) is 8.10. The predicted octanol–water partition coefficient (Wildman–Crippen LogP) is 1.16. The maximum Gasteiger partial charge on any atom is 0.330 e. The van der Waals surface area contributed by atoms with Crippen molar-refractivity contribution in [3.05, 3.63) is 52.7 Å². The van der Waals surface area contributed by atoms with E-state index in [1.165, 1.54) is 18.4 Å². The molecule has 17 heavy (non-hydrogen) atoms. The first-order chi connectivity index (χ1) is 8.25. The molecule has 4 nitrogen and oxygen atoms in total. The molecular weight excluding hydrogens is 214 g/mol. The van der Waals surface area contributed by atoms with Crippen LogP contribution in [0.2, 0.25) is 0 Å². The molecule has 0 bridgehead atoms. The highest BCUT2D eigenvalue weighted by Crippen LogP contribution is 2.47. The Kier molecular flexibility index (Phi) is 2.19. The molecule has 0 radical (unpaired) electrons. The molecule has 1 saturated carbocycles. The van der Waals surface area contributed by atoms with Gasteiger partial charge in [0.05, 0.1) is 5.69 Å². The fraction of sp³-hybridized carbons (Fsp3) is 0.308. The second kappa shape index (κ2) is 3.60.